The molecular weight excluding hydrogens is 474 g/mol. The van der Waals surface area contributed by atoms with Crippen LogP contribution in [0.15, 0.2) is 41.4 Å². The van der Waals surface area contributed by atoms with Crippen molar-refractivity contribution < 1.29 is 14.3 Å². The van der Waals surface area contributed by atoms with Crippen molar-refractivity contribution in [2.75, 3.05) is 19.7 Å². The number of carbonyl (C=O) groups is 2. The highest BCUT2D eigenvalue weighted by Gasteiger charge is 2.40. The third-order valence-corrected chi connectivity index (χ3v) is 8.16. The highest BCUT2D eigenvalue weighted by molar-refractivity contribution is 8.00. The summed E-state index contributed by atoms with van der Waals surface area (Å²) in [7, 11) is 1.88. The van der Waals surface area contributed by atoms with Gasteiger partial charge in [-0.25, -0.2) is 9.78 Å². The van der Waals surface area contributed by atoms with Gasteiger partial charge in [0.2, 0.25) is 0 Å². The molecule has 2 aromatic heterocycles. The number of piperidine rings is 1. The highest BCUT2D eigenvalue weighted by Crippen LogP contribution is 2.36. The minimum Gasteiger partial charge on any atom is -0.447 e. The monoisotopic (exact) mass is 507 g/mol. The number of hydrogen-bond donors (Lipinski definition) is 0. The van der Waals surface area contributed by atoms with E-state index in [4.69, 9.17) is 4.74 Å². The summed E-state index contributed by atoms with van der Waals surface area (Å²) in [6, 6.07) is 10.3. The maximum atomic E-state index is 13.7. The van der Waals surface area contributed by atoms with Crippen LogP contribution in [0.1, 0.15) is 48.3 Å². The number of rotatable bonds is 6. The molecule has 0 N–H and O–H groups in total. The number of amides is 2. The Morgan fingerprint density at radius 1 is 1.19 bits per heavy atom. The van der Waals surface area contributed by atoms with Crippen LogP contribution in [0.5, 0.6) is 0 Å². The molecule has 190 valence electrons. The molecule has 2 aliphatic rings. The molecule has 0 spiro atoms. The van der Waals surface area contributed by atoms with Crippen LogP contribution >= 0.6 is 11.8 Å². The van der Waals surface area contributed by atoms with E-state index in [1.165, 1.54) is 5.56 Å². The predicted octanol–water partition coefficient (Wildman–Crippen LogP) is 4.45. The highest BCUT2D eigenvalue weighted by atomic mass is 32.2. The molecule has 4 heterocycles. The Balaban J connectivity index is 1.32. The van der Waals surface area contributed by atoms with E-state index in [0.717, 1.165) is 40.9 Å². The van der Waals surface area contributed by atoms with E-state index >= 15 is 0 Å². The second-order valence-electron chi connectivity index (χ2n) is 9.93. The summed E-state index contributed by atoms with van der Waals surface area (Å²) >= 11 is 1.69. The van der Waals surface area contributed by atoms with Crippen LogP contribution in [0.2, 0.25) is 0 Å². The smallest absolute Gasteiger partial charge is 0.410 e. The lowest BCUT2D eigenvalue weighted by molar-refractivity contribution is 0.0633. The van der Waals surface area contributed by atoms with E-state index in [2.05, 4.69) is 36.1 Å². The quantitative estimate of drug-likeness (QED) is 0.459. The fraction of sp³-hybridized carbons (Fsp3) is 0.481. The van der Waals surface area contributed by atoms with E-state index in [0.29, 0.717) is 30.5 Å². The first kappa shape index (κ1) is 24.6. The molecule has 0 saturated carbocycles. The molecule has 2 fully saturated rings. The molecule has 1 aromatic carbocycles. The van der Waals surface area contributed by atoms with Crippen LogP contribution in [0.25, 0.3) is 11.0 Å². The number of cyclic esters (lactones) is 1. The van der Waals surface area contributed by atoms with Crippen molar-refractivity contribution in [1.82, 2.24) is 24.6 Å². The number of hydrogen-bond acceptors (Lipinski definition) is 6. The second kappa shape index (κ2) is 10.1. The molecule has 0 radical (unpaired) electrons. The van der Waals surface area contributed by atoms with Gasteiger partial charge in [-0.2, -0.15) is 5.10 Å². The zero-order valence-corrected chi connectivity index (χ0v) is 22.1. The fourth-order valence-electron chi connectivity index (χ4n) is 5.37. The Morgan fingerprint density at radius 3 is 2.61 bits per heavy atom. The third-order valence-electron chi connectivity index (χ3n) is 7.03. The number of likely N-dealkylation sites (tertiary alicyclic amines) is 1. The van der Waals surface area contributed by atoms with Gasteiger partial charge in [-0.1, -0.05) is 44.2 Å². The first-order valence-electron chi connectivity index (χ1n) is 12.6. The maximum absolute atomic E-state index is 13.7. The number of ether oxygens (including phenoxy) is 1. The first-order valence-corrected chi connectivity index (χ1v) is 13.5. The van der Waals surface area contributed by atoms with Gasteiger partial charge in [0.1, 0.15) is 6.61 Å². The summed E-state index contributed by atoms with van der Waals surface area (Å²) < 4.78 is 7.22. The summed E-state index contributed by atoms with van der Waals surface area (Å²) in [5.41, 5.74) is 3.51. The van der Waals surface area contributed by atoms with Gasteiger partial charge in [0, 0.05) is 42.5 Å². The molecule has 2 amide bonds. The average molecular weight is 508 g/mol. The van der Waals surface area contributed by atoms with Crippen LogP contribution in [-0.4, -0.2) is 73.6 Å². The molecule has 36 heavy (non-hydrogen) atoms. The number of pyridine rings is 1. The number of aromatic nitrogens is 3. The van der Waals surface area contributed by atoms with Crippen LogP contribution in [0.4, 0.5) is 4.79 Å². The second-order valence-corrected chi connectivity index (χ2v) is 11.5. The fourth-order valence-corrected chi connectivity index (χ4v) is 6.46. The number of benzene rings is 1. The summed E-state index contributed by atoms with van der Waals surface area (Å²) in [6.45, 7) is 7.84. The zero-order valence-electron chi connectivity index (χ0n) is 21.3. The van der Waals surface area contributed by atoms with E-state index in [1.807, 2.05) is 42.0 Å². The lowest BCUT2D eigenvalue weighted by Gasteiger charge is -2.38. The van der Waals surface area contributed by atoms with Crippen molar-refractivity contribution in [3.8, 4) is 0 Å². The third kappa shape index (κ3) is 4.68. The lowest BCUT2D eigenvalue weighted by Crippen LogP contribution is -2.50. The molecule has 2 aliphatic heterocycles. The van der Waals surface area contributed by atoms with Gasteiger partial charge in [-0.15, -0.1) is 11.8 Å². The van der Waals surface area contributed by atoms with E-state index in [-0.39, 0.29) is 24.1 Å². The lowest BCUT2D eigenvalue weighted by atomic mass is 9.98. The van der Waals surface area contributed by atoms with Gasteiger partial charge in [0.15, 0.2) is 5.65 Å². The topological polar surface area (TPSA) is 80.6 Å². The summed E-state index contributed by atoms with van der Waals surface area (Å²) in [5, 5.41) is 5.81. The van der Waals surface area contributed by atoms with Crippen LogP contribution in [0.3, 0.4) is 0 Å². The molecule has 0 bridgehead atoms. The molecule has 5 rings (SSSR count). The molecule has 1 unspecified atom stereocenters. The van der Waals surface area contributed by atoms with Gasteiger partial charge in [0.25, 0.3) is 5.91 Å². The van der Waals surface area contributed by atoms with Crippen molar-refractivity contribution in [1.29, 1.82) is 0 Å². The number of nitrogens with zero attached hydrogens (tertiary/aromatic N) is 5. The average Bonchev–Trinajstić information content (AvgIpc) is 3.37. The summed E-state index contributed by atoms with van der Waals surface area (Å²) in [5.74, 6) is -0.000845. The minimum absolute atomic E-state index is 0.000845. The summed E-state index contributed by atoms with van der Waals surface area (Å²) in [4.78, 5) is 35.7. The number of fused-ring (bicyclic) bond motifs is 1. The van der Waals surface area contributed by atoms with Crippen molar-refractivity contribution in [3.63, 3.8) is 0 Å². The van der Waals surface area contributed by atoms with Gasteiger partial charge in [-0.3, -0.25) is 14.4 Å². The Bertz CT molecular complexity index is 1270. The number of aryl methyl sites for hydroxylation is 2. The molecule has 3 aromatic rings. The molecule has 9 heteroatoms. The van der Waals surface area contributed by atoms with Gasteiger partial charge in [0.05, 0.1) is 22.7 Å². The minimum atomic E-state index is -0.238. The Labute approximate surface area is 216 Å². The number of thioether (sulfide) groups is 1. The zero-order chi connectivity index (χ0) is 25.4. The largest absolute Gasteiger partial charge is 0.447 e. The number of carbonyl (C=O) groups excluding carboxylic acids is 2. The van der Waals surface area contributed by atoms with E-state index in [9.17, 15) is 9.59 Å². The van der Waals surface area contributed by atoms with Crippen molar-refractivity contribution >= 4 is 34.8 Å². The Kier molecular flexibility index (Phi) is 6.92. The Hall–Kier alpha value is -3.07. The molecule has 2 saturated heterocycles. The van der Waals surface area contributed by atoms with Gasteiger partial charge >= 0.3 is 6.09 Å². The predicted molar refractivity (Wildman–Crippen MR) is 140 cm³/mol. The van der Waals surface area contributed by atoms with Crippen molar-refractivity contribution in [3.05, 3.63) is 53.3 Å². The van der Waals surface area contributed by atoms with Crippen molar-refractivity contribution in [2.45, 2.75) is 62.3 Å². The SMILES string of the molecule is Cc1nn(C)c2ncc(C(=O)N3CCC(N4C(=O)OCC4Cc4ccccc4)CC3)c(SC(C)C)c12. The van der Waals surface area contributed by atoms with Crippen LogP contribution in [0, 0.1) is 6.92 Å². The van der Waals surface area contributed by atoms with E-state index < -0.39 is 0 Å². The molecule has 1 atom stereocenters. The van der Waals surface area contributed by atoms with Crippen LogP contribution in [-0.2, 0) is 18.2 Å². The molecule has 0 aliphatic carbocycles. The summed E-state index contributed by atoms with van der Waals surface area (Å²) in [6.07, 6.45) is 3.72. The van der Waals surface area contributed by atoms with Crippen molar-refractivity contribution in [2.24, 2.45) is 7.05 Å². The standard InChI is InChI=1S/C27H33N5O3S/c1-17(2)36-24-22(15-28-25-23(24)18(3)29-30(25)4)26(33)31-12-10-20(11-13-31)32-21(16-35-27(32)34)14-19-8-6-5-7-9-19/h5-9,15,17,20-21H,10-14,16H2,1-4H3. The maximum Gasteiger partial charge on any atom is 0.410 e. The molecular formula is C27H33N5O3S. The van der Waals surface area contributed by atoms with Gasteiger partial charge < -0.3 is 9.64 Å². The first-order chi connectivity index (χ1) is 17.3. The normalized spacial score (nSPS) is 18.9. The Morgan fingerprint density at radius 2 is 1.92 bits per heavy atom. The van der Waals surface area contributed by atoms with E-state index in [1.54, 1.807) is 22.6 Å². The van der Waals surface area contributed by atoms with Crippen LogP contribution < -0.4 is 0 Å². The molecule has 8 nitrogen and oxygen atoms in total. The van der Waals surface area contributed by atoms with Gasteiger partial charge in [-0.05, 0) is 31.7 Å².